The molecule has 6 nitrogen and oxygen atoms in total. The number of aromatic nitrogens is 4. The van der Waals surface area contributed by atoms with Crippen LogP contribution in [0.15, 0.2) is 67.0 Å². The van der Waals surface area contributed by atoms with Crippen molar-refractivity contribution in [2.24, 2.45) is 0 Å². The van der Waals surface area contributed by atoms with Gasteiger partial charge in [0.05, 0.1) is 22.8 Å². The highest BCUT2D eigenvalue weighted by atomic mass is 16.2. The van der Waals surface area contributed by atoms with Gasteiger partial charge in [0.25, 0.3) is 5.91 Å². The standard InChI is InChI=1S/C22H21N5O/c28-22(16-7-5-8-17(15-16)27-14-6-12-23-27)26-13-4-3-11-20(26)21-24-18-9-1-2-10-19(18)25-21/h1-2,5-10,12,14-15,20H,3-4,11,13H2,(H,24,25)/t20-/m1/s1. The summed E-state index contributed by atoms with van der Waals surface area (Å²) in [6, 6.07) is 17.5. The van der Waals surface area contributed by atoms with Gasteiger partial charge in [-0.05, 0) is 55.7 Å². The summed E-state index contributed by atoms with van der Waals surface area (Å²) >= 11 is 0. The third-order valence-electron chi connectivity index (χ3n) is 5.35. The van der Waals surface area contributed by atoms with Crippen LogP contribution >= 0.6 is 0 Å². The summed E-state index contributed by atoms with van der Waals surface area (Å²) < 4.78 is 1.77. The molecule has 2 aromatic carbocycles. The molecule has 28 heavy (non-hydrogen) atoms. The van der Waals surface area contributed by atoms with Crippen molar-refractivity contribution in [3.8, 4) is 5.69 Å². The largest absolute Gasteiger partial charge is 0.340 e. The van der Waals surface area contributed by atoms with Crippen LogP contribution in [0, 0.1) is 0 Å². The number of nitrogens with one attached hydrogen (secondary N) is 1. The van der Waals surface area contributed by atoms with Crippen molar-refractivity contribution >= 4 is 16.9 Å². The van der Waals surface area contributed by atoms with E-state index >= 15 is 0 Å². The lowest BCUT2D eigenvalue weighted by Gasteiger charge is -2.34. The zero-order valence-electron chi connectivity index (χ0n) is 15.5. The summed E-state index contributed by atoms with van der Waals surface area (Å²) in [5.74, 6) is 0.914. The second kappa shape index (κ2) is 6.96. The van der Waals surface area contributed by atoms with Crippen LogP contribution in [0.4, 0.5) is 0 Å². The van der Waals surface area contributed by atoms with E-state index < -0.39 is 0 Å². The summed E-state index contributed by atoms with van der Waals surface area (Å²) in [7, 11) is 0. The number of nitrogens with zero attached hydrogens (tertiary/aromatic N) is 4. The second-order valence-corrected chi connectivity index (χ2v) is 7.15. The van der Waals surface area contributed by atoms with Gasteiger partial charge in [0.2, 0.25) is 0 Å². The highest BCUT2D eigenvalue weighted by Gasteiger charge is 2.31. The lowest BCUT2D eigenvalue weighted by Crippen LogP contribution is -2.39. The van der Waals surface area contributed by atoms with Gasteiger partial charge >= 0.3 is 0 Å². The molecule has 1 fully saturated rings. The minimum absolute atomic E-state index is 0.0259. The van der Waals surface area contributed by atoms with Crippen molar-refractivity contribution in [2.45, 2.75) is 25.3 Å². The van der Waals surface area contributed by atoms with Crippen LogP contribution in [0.5, 0.6) is 0 Å². The van der Waals surface area contributed by atoms with Crippen LogP contribution in [0.2, 0.25) is 0 Å². The van der Waals surface area contributed by atoms with Crippen LogP contribution in [-0.2, 0) is 0 Å². The SMILES string of the molecule is O=C(c1cccc(-n2cccn2)c1)N1CCCC[C@@H]1c1nc2ccccc2[nH]1. The first-order valence-corrected chi connectivity index (χ1v) is 9.65. The number of likely N-dealkylation sites (tertiary alicyclic amines) is 1. The molecular weight excluding hydrogens is 350 g/mol. The van der Waals surface area contributed by atoms with E-state index in [2.05, 4.69) is 10.1 Å². The van der Waals surface area contributed by atoms with E-state index in [1.807, 2.05) is 65.7 Å². The van der Waals surface area contributed by atoms with Crippen molar-refractivity contribution in [1.82, 2.24) is 24.6 Å². The Balaban J connectivity index is 1.48. The molecule has 1 amide bonds. The van der Waals surface area contributed by atoms with Crippen molar-refractivity contribution in [3.05, 3.63) is 78.4 Å². The van der Waals surface area contributed by atoms with Gasteiger partial charge in [0, 0.05) is 24.5 Å². The van der Waals surface area contributed by atoms with E-state index in [0.717, 1.165) is 48.4 Å². The lowest BCUT2D eigenvalue weighted by molar-refractivity contribution is 0.0601. The van der Waals surface area contributed by atoms with E-state index in [-0.39, 0.29) is 11.9 Å². The van der Waals surface area contributed by atoms with Gasteiger partial charge in [-0.2, -0.15) is 5.10 Å². The zero-order valence-corrected chi connectivity index (χ0v) is 15.5. The molecule has 1 saturated heterocycles. The summed E-state index contributed by atoms with van der Waals surface area (Å²) in [4.78, 5) is 23.5. The first-order valence-electron chi connectivity index (χ1n) is 9.65. The quantitative estimate of drug-likeness (QED) is 0.589. The molecule has 4 aromatic rings. The zero-order chi connectivity index (χ0) is 18.9. The molecule has 0 unspecified atom stereocenters. The van der Waals surface area contributed by atoms with Crippen molar-refractivity contribution < 1.29 is 4.79 Å². The Bertz CT molecular complexity index is 1080. The molecule has 0 spiro atoms. The highest BCUT2D eigenvalue weighted by Crippen LogP contribution is 2.32. The Hall–Kier alpha value is -3.41. The predicted molar refractivity (Wildman–Crippen MR) is 107 cm³/mol. The molecule has 2 aromatic heterocycles. The van der Waals surface area contributed by atoms with Crippen LogP contribution in [0.1, 0.15) is 41.5 Å². The molecule has 0 bridgehead atoms. The average molecular weight is 371 g/mol. The number of rotatable bonds is 3. The van der Waals surface area contributed by atoms with Crippen LogP contribution in [0.25, 0.3) is 16.7 Å². The van der Waals surface area contributed by atoms with Crippen molar-refractivity contribution in [2.75, 3.05) is 6.54 Å². The van der Waals surface area contributed by atoms with E-state index in [1.165, 1.54) is 0 Å². The summed E-state index contributed by atoms with van der Waals surface area (Å²) in [5.41, 5.74) is 3.51. The topological polar surface area (TPSA) is 66.8 Å². The van der Waals surface area contributed by atoms with Crippen molar-refractivity contribution in [1.29, 1.82) is 0 Å². The first kappa shape index (κ1) is 16.7. The average Bonchev–Trinajstić information content (AvgIpc) is 3.43. The smallest absolute Gasteiger partial charge is 0.254 e. The van der Waals surface area contributed by atoms with Gasteiger partial charge in [0.15, 0.2) is 0 Å². The molecular formula is C22H21N5O. The molecule has 0 aliphatic carbocycles. The van der Waals surface area contributed by atoms with Crippen LogP contribution in [0.3, 0.4) is 0 Å². The first-order chi connectivity index (χ1) is 13.8. The number of aromatic amines is 1. The van der Waals surface area contributed by atoms with Crippen LogP contribution < -0.4 is 0 Å². The van der Waals surface area contributed by atoms with E-state index in [0.29, 0.717) is 5.56 Å². The summed E-state index contributed by atoms with van der Waals surface area (Å²) in [5, 5.41) is 4.26. The minimum atomic E-state index is -0.0259. The van der Waals surface area contributed by atoms with E-state index in [1.54, 1.807) is 10.9 Å². The van der Waals surface area contributed by atoms with Gasteiger partial charge in [-0.15, -0.1) is 0 Å². The Morgan fingerprint density at radius 3 is 2.86 bits per heavy atom. The Labute approximate surface area is 162 Å². The van der Waals surface area contributed by atoms with Gasteiger partial charge in [-0.1, -0.05) is 18.2 Å². The number of fused-ring (bicyclic) bond motifs is 1. The maximum atomic E-state index is 13.4. The maximum absolute atomic E-state index is 13.4. The number of amides is 1. The number of piperidine rings is 1. The fraction of sp³-hybridized carbons (Fsp3) is 0.227. The molecule has 1 aliphatic heterocycles. The number of carbonyl (C=O) groups is 1. The number of hydrogen-bond acceptors (Lipinski definition) is 3. The van der Waals surface area contributed by atoms with E-state index in [9.17, 15) is 4.79 Å². The number of H-pyrrole nitrogens is 1. The van der Waals surface area contributed by atoms with Crippen molar-refractivity contribution in [3.63, 3.8) is 0 Å². The summed E-state index contributed by atoms with van der Waals surface area (Å²) in [6.45, 7) is 0.743. The Morgan fingerprint density at radius 1 is 1.07 bits per heavy atom. The van der Waals surface area contributed by atoms with Crippen LogP contribution in [-0.4, -0.2) is 37.1 Å². The Morgan fingerprint density at radius 2 is 2.00 bits per heavy atom. The fourth-order valence-corrected chi connectivity index (χ4v) is 3.96. The molecule has 3 heterocycles. The Kier molecular flexibility index (Phi) is 4.16. The summed E-state index contributed by atoms with van der Waals surface area (Å²) in [6.07, 6.45) is 6.64. The van der Waals surface area contributed by atoms with Gasteiger partial charge in [-0.3, -0.25) is 4.79 Å². The molecule has 0 saturated carbocycles. The molecule has 1 aliphatic rings. The third kappa shape index (κ3) is 2.97. The minimum Gasteiger partial charge on any atom is -0.340 e. The molecule has 0 radical (unpaired) electrons. The molecule has 1 atom stereocenters. The third-order valence-corrected chi connectivity index (χ3v) is 5.35. The second-order valence-electron chi connectivity index (χ2n) is 7.15. The normalized spacial score (nSPS) is 17.1. The molecule has 6 heteroatoms. The van der Waals surface area contributed by atoms with Gasteiger partial charge in [-0.25, -0.2) is 9.67 Å². The van der Waals surface area contributed by atoms with Gasteiger partial charge in [0.1, 0.15) is 5.82 Å². The number of benzene rings is 2. The number of carbonyl (C=O) groups excluding carboxylic acids is 1. The monoisotopic (exact) mass is 371 g/mol. The fourth-order valence-electron chi connectivity index (χ4n) is 3.96. The lowest BCUT2D eigenvalue weighted by atomic mass is 10.00. The van der Waals surface area contributed by atoms with E-state index in [4.69, 9.17) is 4.98 Å². The molecule has 1 N–H and O–H groups in total. The predicted octanol–water partition coefficient (Wildman–Crippen LogP) is 4.12. The van der Waals surface area contributed by atoms with Gasteiger partial charge < -0.3 is 9.88 Å². The maximum Gasteiger partial charge on any atom is 0.254 e. The number of para-hydroxylation sites is 2. The number of imidazole rings is 1. The molecule has 140 valence electrons. The molecule has 5 rings (SSSR count). The number of hydrogen-bond donors (Lipinski definition) is 1. The highest BCUT2D eigenvalue weighted by molar-refractivity contribution is 5.95.